The second-order valence-electron chi connectivity index (χ2n) is 6.94. The highest BCUT2D eigenvalue weighted by Crippen LogP contribution is 2.26. The van der Waals surface area contributed by atoms with Gasteiger partial charge in [-0.15, -0.1) is 5.10 Å². The predicted molar refractivity (Wildman–Crippen MR) is 125 cm³/mol. The number of ether oxygens (including phenoxy) is 1. The molecule has 2 heterocycles. The third-order valence-corrected chi connectivity index (χ3v) is 5.15. The molecule has 0 saturated heterocycles. The van der Waals surface area contributed by atoms with Crippen LogP contribution >= 0.6 is 23.2 Å². The molecule has 0 spiro atoms. The van der Waals surface area contributed by atoms with Crippen molar-refractivity contribution in [2.45, 2.75) is 6.61 Å². The Hall–Kier alpha value is -3.68. The number of nitrogens with one attached hydrogen (secondary N) is 1. The molecule has 0 bridgehead atoms. The fraction of sp³-hybridized carbons (Fsp3) is 0.0435. The summed E-state index contributed by atoms with van der Waals surface area (Å²) >= 11 is 12.0. The van der Waals surface area contributed by atoms with Crippen LogP contribution in [0.15, 0.2) is 79.1 Å². The van der Waals surface area contributed by atoms with Gasteiger partial charge >= 0.3 is 0 Å². The topological polar surface area (TPSA) is 77.8 Å². The molecule has 9 heteroatoms. The molecule has 0 aliphatic rings. The van der Waals surface area contributed by atoms with E-state index in [1.807, 2.05) is 60.8 Å². The summed E-state index contributed by atoms with van der Waals surface area (Å²) in [6.45, 7) is 0.244. The van der Waals surface area contributed by atoms with E-state index in [2.05, 4.69) is 25.6 Å². The summed E-state index contributed by atoms with van der Waals surface area (Å²) < 4.78 is 7.70. The van der Waals surface area contributed by atoms with Crippen LogP contribution in [-0.2, 0) is 6.61 Å². The zero-order valence-electron chi connectivity index (χ0n) is 16.6. The van der Waals surface area contributed by atoms with E-state index in [4.69, 9.17) is 27.9 Å². The predicted octanol–water partition coefficient (Wildman–Crippen LogP) is 5.84. The molecule has 0 aliphatic heterocycles. The minimum Gasteiger partial charge on any atom is -0.485 e. The van der Waals surface area contributed by atoms with Crippen LogP contribution in [0.1, 0.15) is 5.69 Å². The van der Waals surface area contributed by atoms with E-state index in [-0.39, 0.29) is 6.61 Å². The fourth-order valence-corrected chi connectivity index (χ4v) is 3.45. The van der Waals surface area contributed by atoms with Crippen molar-refractivity contribution in [3.05, 3.63) is 94.9 Å². The molecule has 3 aromatic carbocycles. The highest BCUT2D eigenvalue weighted by molar-refractivity contribution is 6.31. The molecule has 2 aromatic heterocycles. The lowest BCUT2D eigenvalue weighted by atomic mass is 10.2. The zero-order chi connectivity index (χ0) is 21.9. The highest BCUT2D eigenvalue weighted by Gasteiger charge is 2.09. The molecule has 158 valence electrons. The van der Waals surface area contributed by atoms with Crippen LogP contribution in [0.4, 0.5) is 11.6 Å². The molecule has 7 nitrogen and oxygen atoms in total. The molecular weight excluding hydrogens is 447 g/mol. The molecule has 1 N–H and O–H groups in total. The van der Waals surface area contributed by atoms with Crippen molar-refractivity contribution < 1.29 is 4.74 Å². The second kappa shape index (κ2) is 8.82. The molecule has 0 saturated carbocycles. The van der Waals surface area contributed by atoms with Gasteiger partial charge in [-0.25, -0.2) is 14.6 Å². The first-order valence-corrected chi connectivity index (χ1v) is 10.5. The van der Waals surface area contributed by atoms with E-state index in [9.17, 15) is 0 Å². The van der Waals surface area contributed by atoms with Crippen molar-refractivity contribution in [2.24, 2.45) is 0 Å². The molecular formula is C23H16Cl2N6O. The van der Waals surface area contributed by atoms with E-state index in [0.717, 1.165) is 16.8 Å². The molecule has 5 aromatic rings. The Labute approximate surface area is 193 Å². The Kier molecular flexibility index (Phi) is 5.58. The van der Waals surface area contributed by atoms with E-state index in [0.29, 0.717) is 33.0 Å². The van der Waals surface area contributed by atoms with Crippen LogP contribution in [0.25, 0.3) is 16.6 Å². The van der Waals surface area contributed by atoms with Crippen molar-refractivity contribution in [3.63, 3.8) is 0 Å². The number of nitrogens with zero attached hydrogens (tertiary/aromatic N) is 5. The summed E-state index contributed by atoms with van der Waals surface area (Å²) in [6, 6.07) is 20.4. The normalized spacial score (nSPS) is 10.9. The number of hydrogen-bond acceptors (Lipinski definition) is 6. The van der Waals surface area contributed by atoms with Gasteiger partial charge in [-0.1, -0.05) is 46.6 Å². The summed E-state index contributed by atoms with van der Waals surface area (Å²) in [5, 5.41) is 13.7. The standard InChI is InChI=1S/C23H16Cl2N6O/c24-16-7-9-20(10-8-16)31-13-19(29-30-31)14-32-21-6-1-3-15-12-26-23(28-22(15)21)27-18-5-2-4-17(25)11-18/h1-13H,14H2,(H,26,27,28). The van der Waals surface area contributed by atoms with Gasteiger partial charge in [-0.3, -0.25) is 0 Å². The number of hydrogen-bond donors (Lipinski definition) is 1. The largest absolute Gasteiger partial charge is 0.485 e. The Morgan fingerprint density at radius 3 is 2.62 bits per heavy atom. The first-order valence-electron chi connectivity index (χ1n) is 9.72. The van der Waals surface area contributed by atoms with Gasteiger partial charge in [0.1, 0.15) is 23.6 Å². The van der Waals surface area contributed by atoms with Crippen molar-refractivity contribution >= 4 is 45.7 Å². The molecule has 5 rings (SSSR count). The van der Waals surface area contributed by atoms with E-state index in [1.54, 1.807) is 23.0 Å². The Balaban J connectivity index is 1.35. The minimum absolute atomic E-state index is 0.244. The maximum absolute atomic E-state index is 6.06. The van der Waals surface area contributed by atoms with Gasteiger partial charge in [-0.2, -0.15) is 0 Å². The number of rotatable bonds is 6. The molecule has 0 unspecified atom stereocenters. The van der Waals surface area contributed by atoms with Crippen LogP contribution in [0.3, 0.4) is 0 Å². The summed E-state index contributed by atoms with van der Waals surface area (Å²) in [6.07, 6.45) is 3.56. The van der Waals surface area contributed by atoms with Gasteiger partial charge in [0.25, 0.3) is 0 Å². The Bertz CT molecular complexity index is 1390. The van der Waals surface area contributed by atoms with Gasteiger partial charge in [0.05, 0.1) is 11.9 Å². The summed E-state index contributed by atoms with van der Waals surface area (Å²) in [7, 11) is 0. The molecule has 0 radical (unpaired) electrons. The Morgan fingerprint density at radius 1 is 0.938 bits per heavy atom. The van der Waals surface area contributed by atoms with Crippen LogP contribution < -0.4 is 10.1 Å². The van der Waals surface area contributed by atoms with Gasteiger partial charge < -0.3 is 10.1 Å². The average molecular weight is 463 g/mol. The quantitative estimate of drug-likeness (QED) is 0.341. The van der Waals surface area contributed by atoms with E-state index >= 15 is 0 Å². The SMILES string of the molecule is Clc1ccc(-n2cc(COc3cccc4cnc(Nc5cccc(Cl)c5)nc34)nn2)cc1. The molecule has 0 amide bonds. The number of benzene rings is 3. The smallest absolute Gasteiger partial charge is 0.227 e. The number of anilines is 2. The summed E-state index contributed by atoms with van der Waals surface area (Å²) in [5.74, 6) is 1.07. The molecule has 0 fully saturated rings. The number of fused-ring (bicyclic) bond motifs is 1. The third-order valence-electron chi connectivity index (χ3n) is 4.66. The third kappa shape index (κ3) is 4.49. The summed E-state index contributed by atoms with van der Waals surface area (Å²) in [4.78, 5) is 9.01. The first-order chi connectivity index (χ1) is 15.6. The van der Waals surface area contributed by atoms with Crippen molar-refractivity contribution in [2.75, 3.05) is 5.32 Å². The molecule has 32 heavy (non-hydrogen) atoms. The second-order valence-corrected chi connectivity index (χ2v) is 7.82. The first kappa shape index (κ1) is 20.2. The monoisotopic (exact) mass is 462 g/mol. The number of para-hydroxylation sites is 1. The average Bonchev–Trinajstić information content (AvgIpc) is 3.27. The van der Waals surface area contributed by atoms with Crippen molar-refractivity contribution in [1.82, 2.24) is 25.0 Å². The van der Waals surface area contributed by atoms with Crippen LogP contribution in [0.5, 0.6) is 5.75 Å². The number of halogens is 2. The Morgan fingerprint density at radius 2 is 1.78 bits per heavy atom. The van der Waals surface area contributed by atoms with Crippen molar-refractivity contribution in [1.29, 1.82) is 0 Å². The zero-order valence-corrected chi connectivity index (χ0v) is 18.1. The van der Waals surface area contributed by atoms with Crippen LogP contribution in [0.2, 0.25) is 10.0 Å². The van der Waals surface area contributed by atoms with Gasteiger partial charge in [0.2, 0.25) is 5.95 Å². The highest BCUT2D eigenvalue weighted by atomic mass is 35.5. The molecule has 0 atom stereocenters. The maximum atomic E-state index is 6.06. The van der Waals surface area contributed by atoms with E-state index in [1.165, 1.54) is 0 Å². The summed E-state index contributed by atoms with van der Waals surface area (Å²) in [5.41, 5.74) is 3.04. The van der Waals surface area contributed by atoms with Gasteiger partial charge in [0.15, 0.2) is 0 Å². The lowest BCUT2D eigenvalue weighted by Crippen LogP contribution is -2.00. The van der Waals surface area contributed by atoms with Crippen LogP contribution in [-0.4, -0.2) is 25.0 Å². The lowest BCUT2D eigenvalue weighted by Gasteiger charge is -2.09. The van der Waals surface area contributed by atoms with Crippen LogP contribution in [0, 0.1) is 0 Å². The van der Waals surface area contributed by atoms with E-state index < -0.39 is 0 Å². The van der Waals surface area contributed by atoms with Gasteiger partial charge in [-0.05, 0) is 48.5 Å². The van der Waals surface area contributed by atoms with Crippen molar-refractivity contribution in [3.8, 4) is 11.4 Å². The lowest BCUT2D eigenvalue weighted by molar-refractivity contribution is 0.304. The fourth-order valence-electron chi connectivity index (χ4n) is 3.14. The number of aromatic nitrogens is 5. The molecule has 0 aliphatic carbocycles. The maximum Gasteiger partial charge on any atom is 0.227 e. The minimum atomic E-state index is 0.244. The van der Waals surface area contributed by atoms with Gasteiger partial charge in [0, 0.05) is 27.3 Å².